The lowest BCUT2D eigenvalue weighted by molar-refractivity contribution is 0.0974. The maximum atomic E-state index is 5.47. The van der Waals surface area contributed by atoms with Crippen molar-refractivity contribution in [3.63, 3.8) is 0 Å². The fourth-order valence-electron chi connectivity index (χ4n) is 3.25. The number of fused-ring (bicyclic) bond motifs is 3. The average Bonchev–Trinajstić information content (AvgIpc) is 2.42. The Morgan fingerprint density at radius 1 is 1.28 bits per heavy atom. The smallest absolute Gasteiger partial charge is 0.142 e. The number of anilines is 1. The SMILES string of the molecule is COc1cc(C)ccc1NC1CN2CCC1CC2. The highest BCUT2D eigenvalue weighted by molar-refractivity contribution is 5.58. The van der Waals surface area contributed by atoms with Crippen LogP contribution in [0.3, 0.4) is 0 Å². The Kier molecular flexibility index (Phi) is 3.16. The van der Waals surface area contributed by atoms with E-state index in [1.807, 2.05) is 0 Å². The topological polar surface area (TPSA) is 24.5 Å². The maximum absolute atomic E-state index is 5.47. The summed E-state index contributed by atoms with van der Waals surface area (Å²) in [4.78, 5) is 2.57. The van der Waals surface area contributed by atoms with Gasteiger partial charge >= 0.3 is 0 Å². The monoisotopic (exact) mass is 246 g/mol. The van der Waals surface area contributed by atoms with Gasteiger partial charge in [0.15, 0.2) is 0 Å². The van der Waals surface area contributed by atoms with Gasteiger partial charge in [-0.25, -0.2) is 0 Å². The summed E-state index contributed by atoms with van der Waals surface area (Å²) in [7, 11) is 1.75. The van der Waals surface area contributed by atoms with Crippen LogP contribution < -0.4 is 10.1 Å². The molecule has 4 rings (SSSR count). The molecule has 18 heavy (non-hydrogen) atoms. The Balaban J connectivity index is 1.76. The number of nitrogens with zero attached hydrogens (tertiary/aromatic N) is 1. The van der Waals surface area contributed by atoms with Gasteiger partial charge in [-0.3, -0.25) is 0 Å². The van der Waals surface area contributed by atoms with E-state index in [0.717, 1.165) is 17.4 Å². The highest BCUT2D eigenvalue weighted by Gasteiger charge is 2.34. The first-order valence-electron chi connectivity index (χ1n) is 6.90. The van der Waals surface area contributed by atoms with Gasteiger partial charge < -0.3 is 15.0 Å². The predicted molar refractivity (Wildman–Crippen MR) is 74.3 cm³/mol. The van der Waals surface area contributed by atoms with E-state index in [1.165, 1.54) is 38.0 Å². The molecule has 3 saturated heterocycles. The van der Waals surface area contributed by atoms with E-state index in [0.29, 0.717) is 6.04 Å². The molecule has 0 spiro atoms. The number of hydrogen-bond donors (Lipinski definition) is 1. The summed E-state index contributed by atoms with van der Waals surface area (Å²) in [6, 6.07) is 6.98. The summed E-state index contributed by atoms with van der Waals surface area (Å²) >= 11 is 0. The van der Waals surface area contributed by atoms with E-state index in [-0.39, 0.29) is 0 Å². The van der Waals surface area contributed by atoms with Gasteiger partial charge in [0.25, 0.3) is 0 Å². The van der Waals surface area contributed by atoms with Crippen LogP contribution in [0.4, 0.5) is 5.69 Å². The van der Waals surface area contributed by atoms with Crippen molar-refractivity contribution >= 4 is 5.69 Å². The second-order valence-corrected chi connectivity index (χ2v) is 5.59. The molecular weight excluding hydrogens is 224 g/mol. The molecule has 0 saturated carbocycles. The minimum absolute atomic E-state index is 0.587. The number of benzene rings is 1. The van der Waals surface area contributed by atoms with Crippen LogP contribution in [0.25, 0.3) is 0 Å². The molecule has 0 aliphatic carbocycles. The van der Waals surface area contributed by atoms with Gasteiger partial charge in [-0.1, -0.05) is 6.07 Å². The largest absolute Gasteiger partial charge is 0.495 e. The first-order chi connectivity index (χ1) is 8.76. The van der Waals surface area contributed by atoms with Gasteiger partial charge in [0.05, 0.1) is 12.8 Å². The number of ether oxygens (including phenoxy) is 1. The van der Waals surface area contributed by atoms with Crippen molar-refractivity contribution in [3.8, 4) is 5.75 Å². The summed E-state index contributed by atoms with van der Waals surface area (Å²) in [5.74, 6) is 1.80. The van der Waals surface area contributed by atoms with E-state index in [4.69, 9.17) is 4.74 Å². The van der Waals surface area contributed by atoms with Gasteiger partial charge in [-0.05, 0) is 56.5 Å². The molecule has 1 aromatic carbocycles. The lowest BCUT2D eigenvalue weighted by atomic mass is 9.84. The van der Waals surface area contributed by atoms with Crippen molar-refractivity contribution in [1.29, 1.82) is 0 Å². The normalized spacial score (nSPS) is 30.2. The Bertz CT molecular complexity index is 425. The van der Waals surface area contributed by atoms with Crippen LogP contribution in [0.1, 0.15) is 18.4 Å². The number of methoxy groups -OCH3 is 1. The highest BCUT2D eigenvalue weighted by atomic mass is 16.5. The molecule has 0 radical (unpaired) electrons. The third kappa shape index (κ3) is 2.19. The molecule has 0 aromatic heterocycles. The van der Waals surface area contributed by atoms with E-state index < -0.39 is 0 Å². The van der Waals surface area contributed by atoms with Crippen molar-refractivity contribution in [2.75, 3.05) is 32.1 Å². The number of hydrogen-bond acceptors (Lipinski definition) is 3. The first-order valence-corrected chi connectivity index (χ1v) is 6.90. The number of piperidine rings is 3. The van der Waals surface area contributed by atoms with Gasteiger partial charge in [0.2, 0.25) is 0 Å². The fraction of sp³-hybridized carbons (Fsp3) is 0.600. The molecule has 1 unspecified atom stereocenters. The molecular formula is C15H22N2O. The van der Waals surface area contributed by atoms with Crippen molar-refractivity contribution in [1.82, 2.24) is 4.90 Å². The third-order valence-corrected chi connectivity index (χ3v) is 4.35. The zero-order chi connectivity index (χ0) is 12.5. The van der Waals surface area contributed by atoms with Crippen LogP contribution in [-0.4, -0.2) is 37.7 Å². The molecule has 1 aromatic rings. The van der Waals surface area contributed by atoms with Gasteiger partial charge in [0.1, 0.15) is 5.75 Å². The molecule has 3 heteroatoms. The quantitative estimate of drug-likeness (QED) is 0.887. The lowest BCUT2D eigenvalue weighted by Gasteiger charge is -2.45. The van der Waals surface area contributed by atoms with Crippen molar-refractivity contribution < 1.29 is 4.74 Å². The number of aryl methyl sites for hydroxylation is 1. The molecule has 2 bridgehead atoms. The van der Waals surface area contributed by atoms with E-state index >= 15 is 0 Å². The fourth-order valence-corrected chi connectivity index (χ4v) is 3.25. The van der Waals surface area contributed by atoms with Crippen LogP contribution in [0.2, 0.25) is 0 Å². The number of nitrogens with one attached hydrogen (secondary N) is 1. The Labute approximate surface area is 109 Å². The van der Waals surface area contributed by atoms with Crippen LogP contribution in [0, 0.1) is 12.8 Å². The average molecular weight is 246 g/mol. The van der Waals surface area contributed by atoms with Gasteiger partial charge in [0, 0.05) is 12.6 Å². The molecule has 98 valence electrons. The van der Waals surface area contributed by atoms with Crippen LogP contribution in [0.15, 0.2) is 18.2 Å². The summed E-state index contributed by atoms with van der Waals surface area (Å²) in [5, 5.41) is 3.69. The second-order valence-electron chi connectivity index (χ2n) is 5.59. The lowest BCUT2D eigenvalue weighted by Crippen LogP contribution is -2.53. The zero-order valence-electron chi connectivity index (χ0n) is 11.3. The standard InChI is InChI=1S/C15H22N2O/c1-11-3-4-13(15(9-11)18-2)16-14-10-17-7-5-12(14)6-8-17/h3-4,9,12,14,16H,5-8,10H2,1-2H3. The predicted octanol–water partition coefficient (Wildman–Crippen LogP) is 2.51. The molecule has 1 atom stereocenters. The zero-order valence-corrected chi connectivity index (χ0v) is 11.3. The van der Waals surface area contributed by atoms with Gasteiger partial charge in [-0.15, -0.1) is 0 Å². The van der Waals surface area contributed by atoms with Gasteiger partial charge in [-0.2, -0.15) is 0 Å². The van der Waals surface area contributed by atoms with E-state index in [1.54, 1.807) is 7.11 Å². The summed E-state index contributed by atoms with van der Waals surface area (Å²) in [6.45, 7) is 5.85. The summed E-state index contributed by atoms with van der Waals surface area (Å²) in [5.41, 5.74) is 2.38. The van der Waals surface area contributed by atoms with Crippen LogP contribution in [-0.2, 0) is 0 Å². The second kappa shape index (κ2) is 4.81. The molecule has 3 nitrogen and oxygen atoms in total. The van der Waals surface area contributed by atoms with E-state index in [2.05, 4.69) is 35.3 Å². The van der Waals surface area contributed by atoms with Crippen LogP contribution in [0.5, 0.6) is 5.75 Å². The Hall–Kier alpha value is -1.22. The highest BCUT2D eigenvalue weighted by Crippen LogP contribution is 2.32. The first kappa shape index (κ1) is 11.8. The molecule has 1 N–H and O–H groups in total. The summed E-state index contributed by atoms with van der Waals surface area (Å²) in [6.07, 6.45) is 2.68. The Morgan fingerprint density at radius 3 is 2.67 bits per heavy atom. The maximum Gasteiger partial charge on any atom is 0.142 e. The molecule has 3 heterocycles. The van der Waals surface area contributed by atoms with E-state index in [9.17, 15) is 0 Å². The van der Waals surface area contributed by atoms with Crippen molar-refractivity contribution in [3.05, 3.63) is 23.8 Å². The molecule has 3 fully saturated rings. The van der Waals surface area contributed by atoms with Crippen LogP contribution >= 0.6 is 0 Å². The molecule has 3 aliphatic heterocycles. The molecule has 0 amide bonds. The van der Waals surface area contributed by atoms with Crippen molar-refractivity contribution in [2.24, 2.45) is 5.92 Å². The number of rotatable bonds is 3. The minimum atomic E-state index is 0.587. The van der Waals surface area contributed by atoms with Crippen molar-refractivity contribution in [2.45, 2.75) is 25.8 Å². The summed E-state index contributed by atoms with van der Waals surface area (Å²) < 4.78 is 5.47. The third-order valence-electron chi connectivity index (χ3n) is 4.35. The molecule has 3 aliphatic rings. The Morgan fingerprint density at radius 2 is 2.06 bits per heavy atom. The minimum Gasteiger partial charge on any atom is -0.495 e.